The number of hydrogen-bond acceptors (Lipinski definition) is 7. The lowest BCUT2D eigenvalue weighted by molar-refractivity contribution is -0.384. The van der Waals surface area contributed by atoms with Crippen LogP contribution in [0.2, 0.25) is 0 Å². The average Bonchev–Trinajstić information content (AvgIpc) is 3.12. The minimum Gasteiger partial charge on any atom is -0.298 e. The molecule has 0 aliphatic carbocycles. The van der Waals surface area contributed by atoms with E-state index in [2.05, 4.69) is 20.5 Å². The normalized spacial score (nSPS) is 11.3. The number of anilines is 1. The predicted molar refractivity (Wildman–Crippen MR) is 115 cm³/mol. The van der Waals surface area contributed by atoms with Gasteiger partial charge in [-0.3, -0.25) is 29.0 Å². The van der Waals surface area contributed by atoms with E-state index < -0.39 is 16.2 Å². The van der Waals surface area contributed by atoms with Crippen molar-refractivity contribution in [2.24, 2.45) is 12.1 Å². The molecular weight excluding hydrogens is 402 g/mol. The first-order valence-electron chi connectivity index (χ1n) is 9.21. The number of H-pyrrole nitrogens is 1. The fourth-order valence-electron chi connectivity index (χ4n) is 3.09. The number of aromatic nitrogens is 4. The Bertz CT molecular complexity index is 1400. The molecule has 0 saturated carbocycles. The van der Waals surface area contributed by atoms with Crippen molar-refractivity contribution >= 4 is 29.0 Å². The Morgan fingerprint density at radius 1 is 1.16 bits per heavy atom. The molecule has 0 bridgehead atoms. The number of imidazole rings is 1. The summed E-state index contributed by atoms with van der Waals surface area (Å²) in [4.78, 5) is 41.4. The summed E-state index contributed by atoms with van der Waals surface area (Å²) in [7, 11) is 1.52. The van der Waals surface area contributed by atoms with Gasteiger partial charge in [-0.25, -0.2) is 10.2 Å². The van der Waals surface area contributed by atoms with Crippen LogP contribution in [-0.4, -0.2) is 30.2 Å². The van der Waals surface area contributed by atoms with Gasteiger partial charge in [0.25, 0.3) is 11.2 Å². The topological polar surface area (TPSA) is 140 Å². The van der Waals surface area contributed by atoms with Gasteiger partial charge in [0.05, 0.1) is 17.7 Å². The molecule has 2 aromatic carbocycles. The number of fused-ring (bicyclic) bond motifs is 1. The number of nitro groups is 1. The van der Waals surface area contributed by atoms with Crippen LogP contribution < -0.4 is 16.7 Å². The first-order chi connectivity index (χ1) is 14.9. The minimum atomic E-state index is -0.567. The summed E-state index contributed by atoms with van der Waals surface area (Å²) < 4.78 is 2.89. The van der Waals surface area contributed by atoms with Crippen molar-refractivity contribution in [3.05, 3.63) is 96.7 Å². The van der Waals surface area contributed by atoms with E-state index in [9.17, 15) is 19.7 Å². The van der Waals surface area contributed by atoms with Gasteiger partial charge in [-0.05, 0) is 23.3 Å². The molecule has 31 heavy (non-hydrogen) atoms. The molecule has 4 aromatic rings. The van der Waals surface area contributed by atoms with Gasteiger partial charge >= 0.3 is 5.69 Å². The van der Waals surface area contributed by atoms with Crippen molar-refractivity contribution < 1.29 is 4.92 Å². The number of non-ortho nitro benzene ring substituents is 1. The molecule has 11 nitrogen and oxygen atoms in total. The second-order valence-electron chi connectivity index (χ2n) is 6.72. The van der Waals surface area contributed by atoms with Gasteiger partial charge in [-0.2, -0.15) is 10.1 Å². The van der Waals surface area contributed by atoms with E-state index in [1.807, 2.05) is 30.3 Å². The molecule has 2 N–H and O–H groups in total. The molecule has 2 aromatic heterocycles. The van der Waals surface area contributed by atoms with Crippen molar-refractivity contribution in [2.45, 2.75) is 6.54 Å². The summed E-state index contributed by atoms with van der Waals surface area (Å²) in [6, 6.07) is 15.3. The fourth-order valence-corrected chi connectivity index (χ4v) is 3.09. The molecule has 0 unspecified atom stereocenters. The molecular formula is C20H17N7O4. The number of aromatic amines is 1. The third-order valence-corrected chi connectivity index (χ3v) is 4.67. The molecule has 0 amide bonds. The summed E-state index contributed by atoms with van der Waals surface area (Å²) in [5.41, 5.74) is 3.69. The zero-order valence-corrected chi connectivity index (χ0v) is 16.3. The van der Waals surface area contributed by atoms with Crippen LogP contribution >= 0.6 is 0 Å². The van der Waals surface area contributed by atoms with Crippen LogP contribution in [0.5, 0.6) is 0 Å². The number of nitrogens with one attached hydrogen (secondary N) is 2. The van der Waals surface area contributed by atoms with Crippen LogP contribution in [-0.2, 0) is 13.6 Å². The largest absolute Gasteiger partial charge is 0.329 e. The summed E-state index contributed by atoms with van der Waals surface area (Å²) in [5, 5.41) is 14.9. The Hall–Kier alpha value is -4.54. The van der Waals surface area contributed by atoms with E-state index in [1.165, 1.54) is 30.0 Å². The number of benzene rings is 2. The summed E-state index contributed by atoms with van der Waals surface area (Å²) in [5.74, 6) is 0.267. The third-order valence-electron chi connectivity index (χ3n) is 4.67. The fraction of sp³-hybridized carbons (Fsp3) is 0.100. The van der Waals surface area contributed by atoms with Crippen LogP contribution in [0.25, 0.3) is 11.2 Å². The number of rotatable bonds is 6. The van der Waals surface area contributed by atoms with Gasteiger partial charge in [0, 0.05) is 19.2 Å². The van der Waals surface area contributed by atoms with E-state index >= 15 is 0 Å². The van der Waals surface area contributed by atoms with Crippen LogP contribution in [0.1, 0.15) is 11.1 Å². The molecule has 0 spiro atoms. The lowest BCUT2D eigenvalue weighted by atomic mass is 10.2. The first-order valence-corrected chi connectivity index (χ1v) is 9.21. The maximum atomic E-state index is 12.5. The molecule has 0 saturated heterocycles. The quantitative estimate of drug-likeness (QED) is 0.278. The molecule has 0 aliphatic rings. The Balaban J connectivity index is 1.72. The van der Waals surface area contributed by atoms with Crippen LogP contribution in [0, 0.1) is 10.1 Å². The SMILES string of the molecule is Cn1c(=O)[nH]c(=O)c2c1nc(N/N=C\c1ccc([N+](=O)[O-])cc1)n2Cc1ccccc1. The first kappa shape index (κ1) is 19.8. The number of hydrazone groups is 1. The van der Waals surface area contributed by atoms with Crippen molar-refractivity contribution in [1.82, 2.24) is 19.1 Å². The smallest absolute Gasteiger partial charge is 0.298 e. The Morgan fingerprint density at radius 2 is 1.87 bits per heavy atom. The van der Waals surface area contributed by atoms with Crippen molar-refractivity contribution in [3.63, 3.8) is 0 Å². The van der Waals surface area contributed by atoms with Gasteiger partial charge in [-0.15, -0.1) is 0 Å². The summed E-state index contributed by atoms with van der Waals surface area (Å²) in [6.07, 6.45) is 1.47. The molecule has 156 valence electrons. The minimum absolute atomic E-state index is 0.0186. The molecule has 0 radical (unpaired) electrons. The van der Waals surface area contributed by atoms with Gasteiger partial charge < -0.3 is 0 Å². The Kier molecular flexibility index (Phi) is 5.14. The number of nitrogens with zero attached hydrogens (tertiary/aromatic N) is 5. The predicted octanol–water partition coefficient (Wildman–Crippen LogP) is 1.83. The molecule has 11 heteroatoms. The van der Waals surface area contributed by atoms with E-state index in [0.717, 1.165) is 5.56 Å². The van der Waals surface area contributed by atoms with Crippen LogP contribution in [0.15, 0.2) is 69.3 Å². The lowest BCUT2D eigenvalue weighted by Gasteiger charge is -2.08. The highest BCUT2D eigenvalue weighted by molar-refractivity contribution is 5.81. The highest BCUT2D eigenvalue weighted by Crippen LogP contribution is 2.18. The van der Waals surface area contributed by atoms with Gasteiger partial charge in [0.15, 0.2) is 11.2 Å². The van der Waals surface area contributed by atoms with E-state index in [-0.39, 0.29) is 22.8 Å². The highest BCUT2D eigenvalue weighted by Gasteiger charge is 2.17. The van der Waals surface area contributed by atoms with Crippen molar-refractivity contribution in [2.75, 3.05) is 5.43 Å². The average molecular weight is 419 g/mol. The second kappa shape index (κ2) is 8.06. The molecule has 2 heterocycles. The van der Waals surface area contributed by atoms with E-state index in [0.29, 0.717) is 12.1 Å². The summed E-state index contributed by atoms with van der Waals surface area (Å²) in [6.45, 7) is 0.327. The number of hydrogen-bond donors (Lipinski definition) is 2. The lowest BCUT2D eigenvalue weighted by Crippen LogP contribution is -2.29. The third kappa shape index (κ3) is 3.96. The molecule has 0 atom stereocenters. The zero-order chi connectivity index (χ0) is 22.0. The van der Waals surface area contributed by atoms with Gasteiger partial charge in [0.2, 0.25) is 5.95 Å². The standard InChI is InChI=1S/C20H17N7O4/c1-25-17-16(18(28)23-20(25)29)26(12-14-5-3-2-4-6-14)19(22-17)24-21-11-13-7-9-15(10-8-13)27(30)31/h2-11H,12H2,1H3,(H,22,24)(H,23,28,29)/b21-11-. The highest BCUT2D eigenvalue weighted by atomic mass is 16.6. The summed E-state index contributed by atoms with van der Waals surface area (Å²) >= 11 is 0. The number of nitro benzene ring substituents is 1. The Morgan fingerprint density at radius 3 is 2.55 bits per heavy atom. The second-order valence-corrected chi connectivity index (χ2v) is 6.72. The zero-order valence-electron chi connectivity index (χ0n) is 16.3. The van der Waals surface area contributed by atoms with Gasteiger partial charge in [0.1, 0.15) is 0 Å². The molecule has 4 rings (SSSR count). The molecule has 0 fully saturated rings. The Labute approximate surface area is 174 Å². The van der Waals surface area contributed by atoms with E-state index in [1.54, 1.807) is 16.7 Å². The van der Waals surface area contributed by atoms with Crippen molar-refractivity contribution in [3.8, 4) is 0 Å². The van der Waals surface area contributed by atoms with Crippen molar-refractivity contribution in [1.29, 1.82) is 0 Å². The number of aryl methyl sites for hydroxylation is 1. The maximum absolute atomic E-state index is 12.5. The van der Waals surface area contributed by atoms with Gasteiger partial charge in [-0.1, -0.05) is 30.3 Å². The van der Waals surface area contributed by atoms with Crippen LogP contribution in [0.4, 0.5) is 11.6 Å². The van der Waals surface area contributed by atoms with Crippen LogP contribution in [0.3, 0.4) is 0 Å². The molecule has 0 aliphatic heterocycles. The van der Waals surface area contributed by atoms with E-state index in [4.69, 9.17) is 0 Å². The monoisotopic (exact) mass is 419 g/mol. The maximum Gasteiger partial charge on any atom is 0.329 e.